The van der Waals surface area contributed by atoms with Gasteiger partial charge in [-0.3, -0.25) is 0 Å². The number of β-amino-alcohol motifs (C(OH)–C–C–N with tert-alkyl or cyclic N) is 1. The third-order valence-electron chi connectivity index (χ3n) is 4.46. The molecule has 0 unspecified atom stereocenters. The molecule has 1 saturated heterocycles. The molecule has 1 heterocycles. The molecule has 1 aromatic rings. The zero-order chi connectivity index (χ0) is 19.8. The van der Waals surface area contributed by atoms with Gasteiger partial charge in [-0.1, -0.05) is 30.3 Å². The summed E-state index contributed by atoms with van der Waals surface area (Å²) in [5, 5.41) is 14.9. The van der Waals surface area contributed by atoms with E-state index in [1.165, 1.54) is 10.6 Å². The van der Waals surface area contributed by atoms with Crippen molar-refractivity contribution < 1.29 is 29.5 Å². The lowest BCUT2D eigenvalue weighted by Gasteiger charge is -2.41. The maximum Gasteiger partial charge on any atom is 0.429 e. The number of quaternary nitrogens is 1. The van der Waals surface area contributed by atoms with Gasteiger partial charge in [0.15, 0.2) is 0 Å². The van der Waals surface area contributed by atoms with E-state index in [2.05, 4.69) is 19.1 Å². The lowest BCUT2D eigenvalue weighted by Crippen LogP contribution is -2.99. The maximum absolute atomic E-state index is 12.3. The molecular weight excluding hydrogens is 350 g/mol. The number of nitrogens with two attached hydrogens (primary N) is 1. The van der Waals surface area contributed by atoms with Crippen LogP contribution in [0.25, 0.3) is 0 Å². The van der Waals surface area contributed by atoms with Gasteiger partial charge in [0.1, 0.15) is 18.7 Å². The molecule has 0 aliphatic carbocycles. The highest BCUT2D eigenvalue weighted by atomic mass is 16.6. The Bertz CT molecular complexity index is 613. The molecule has 0 spiro atoms. The summed E-state index contributed by atoms with van der Waals surface area (Å²) in [6.07, 6.45) is -1.23. The second kappa shape index (κ2) is 10.1. The van der Waals surface area contributed by atoms with E-state index in [4.69, 9.17) is 9.47 Å². The molecule has 1 aliphatic heterocycles. The minimum Gasteiger partial charge on any atom is -0.448 e. The molecule has 2 rings (SSSR count). The number of hydrogen-bond donors (Lipinski definition) is 2. The third-order valence-corrected chi connectivity index (χ3v) is 4.46. The molecule has 2 amide bonds. The number of aliphatic hydroxyl groups is 1. The van der Waals surface area contributed by atoms with Gasteiger partial charge in [0.2, 0.25) is 0 Å². The van der Waals surface area contributed by atoms with Crippen molar-refractivity contribution in [1.82, 2.24) is 10.0 Å². The predicted molar refractivity (Wildman–Crippen MR) is 98.8 cm³/mol. The van der Waals surface area contributed by atoms with Gasteiger partial charge >= 0.3 is 12.2 Å². The van der Waals surface area contributed by atoms with Crippen molar-refractivity contribution in [3.63, 3.8) is 0 Å². The Balaban J connectivity index is 2.05. The molecule has 0 aromatic heterocycles. The zero-order valence-corrected chi connectivity index (χ0v) is 16.2. The van der Waals surface area contributed by atoms with Crippen LogP contribution in [-0.4, -0.2) is 71.8 Å². The molecule has 0 saturated carbocycles. The topological polar surface area (TPSA) is 95.9 Å². The molecular formula is C19H30N3O5+. The van der Waals surface area contributed by atoms with Crippen molar-refractivity contribution in [1.29, 1.82) is 0 Å². The van der Waals surface area contributed by atoms with E-state index in [1.807, 2.05) is 23.5 Å². The van der Waals surface area contributed by atoms with E-state index in [0.717, 1.165) is 11.4 Å². The number of hydrazine groups is 1. The van der Waals surface area contributed by atoms with Gasteiger partial charge in [0, 0.05) is 6.42 Å². The monoisotopic (exact) mass is 380 g/mol. The number of carbonyl (C=O) groups excluding carboxylic acids is 2. The molecule has 3 atom stereocenters. The minimum atomic E-state index is -0.779. The van der Waals surface area contributed by atoms with E-state index in [-0.39, 0.29) is 38.4 Å². The van der Waals surface area contributed by atoms with Gasteiger partial charge in [-0.15, -0.1) is 0 Å². The number of rotatable bonds is 6. The van der Waals surface area contributed by atoms with Crippen LogP contribution in [0.4, 0.5) is 9.59 Å². The van der Waals surface area contributed by atoms with Crippen LogP contribution in [0.2, 0.25) is 0 Å². The highest BCUT2D eigenvalue weighted by Crippen LogP contribution is 2.14. The first-order valence-corrected chi connectivity index (χ1v) is 9.41. The summed E-state index contributed by atoms with van der Waals surface area (Å²) in [6, 6.07) is 10.0. The van der Waals surface area contributed by atoms with E-state index in [1.54, 1.807) is 13.8 Å². The van der Waals surface area contributed by atoms with Crippen LogP contribution in [0.1, 0.15) is 26.3 Å². The second-order valence-electron chi connectivity index (χ2n) is 6.65. The number of carbonyl (C=O) groups is 2. The summed E-state index contributed by atoms with van der Waals surface area (Å²) in [4.78, 5) is 24.5. The second-order valence-corrected chi connectivity index (χ2v) is 6.65. The van der Waals surface area contributed by atoms with Crippen LogP contribution in [0.15, 0.2) is 30.3 Å². The Labute approximate surface area is 160 Å². The van der Waals surface area contributed by atoms with Crippen LogP contribution in [0, 0.1) is 0 Å². The van der Waals surface area contributed by atoms with E-state index < -0.39 is 18.3 Å². The molecule has 1 aromatic carbocycles. The van der Waals surface area contributed by atoms with Crippen LogP contribution in [-0.2, 0) is 15.9 Å². The SMILES string of the molecule is CCOC(=O)N1C[C@H]([NH2+][C@@H](C)Cc2ccccc2)[C@@H](O)CN1C(=O)OCC. The number of hydrogen-bond acceptors (Lipinski definition) is 5. The van der Waals surface area contributed by atoms with E-state index >= 15 is 0 Å². The first-order valence-electron chi connectivity index (χ1n) is 9.41. The molecule has 3 N–H and O–H groups in total. The van der Waals surface area contributed by atoms with Gasteiger partial charge in [0.05, 0.1) is 25.8 Å². The Hall–Kier alpha value is -2.32. The zero-order valence-electron chi connectivity index (χ0n) is 16.2. The Kier molecular flexibility index (Phi) is 7.87. The van der Waals surface area contributed by atoms with Crippen LogP contribution in [0.5, 0.6) is 0 Å². The Morgan fingerprint density at radius 3 is 2.22 bits per heavy atom. The van der Waals surface area contributed by atoms with Crippen LogP contribution < -0.4 is 5.32 Å². The fourth-order valence-corrected chi connectivity index (χ4v) is 3.24. The van der Waals surface area contributed by atoms with E-state index in [9.17, 15) is 14.7 Å². The number of benzene rings is 1. The van der Waals surface area contributed by atoms with Crippen molar-refractivity contribution in [3.05, 3.63) is 35.9 Å². The molecule has 27 heavy (non-hydrogen) atoms. The van der Waals surface area contributed by atoms with Crippen molar-refractivity contribution in [3.8, 4) is 0 Å². The van der Waals surface area contributed by atoms with Crippen LogP contribution in [0.3, 0.4) is 0 Å². The van der Waals surface area contributed by atoms with Crippen molar-refractivity contribution >= 4 is 12.2 Å². The van der Waals surface area contributed by atoms with Crippen molar-refractivity contribution in [2.75, 3.05) is 26.3 Å². The van der Waals surface area contributed by atoms with Gasteiger partial charge in [-0.25, -0.2) is 19.6 Å². The summed E-state index contributed by atoms with van der Waals surface area (Å²) in [7, 11) is 0. The maximum atomic E-state index is 12.3. The fourth-order valence-electron chi connectivity index (χ4n) is 3.24. The predicted octanol–water partition coefficient (Wildman–Crippen LogP) is 0.756. The third kappa shape index (κ3) is 5.83. The smallest absolute Gasteiger partial charge is 0.429 e. The number of ether oxygens (including phenoxy) is 2. The standard InChI is InChI=1S/C19H29N3O5/c1-4-26-18(24)21-12-16(17(23)13-22(21)19(25)27-5-2)20-14(3)11-15-9-7-6-8-10-15/h6-10,14,16-17,20,23H,4-5,11-13H2,1-3H3/p+1/t14-,16-,17-/m0/s1. The minimum absolute atomic E-state index is 0.0170. The van der Waals surface area contributed by atoms with Gasteiger partial charge in [-0.2, -0.15) is 0 Å². The molecule has 1 fully saturated rings. The average Bonchev–Trinajstić information content (AvgIpc) is 2.64. The van der Waals surface area contributed by atoms with Gasteiger partial charge in [0.25, 0.3) is 0 Å². The van der Waals surface area contributed by atoms with Crippen molar-refractivity contribution in [2.24, 2.45) is 0 Å². The largest absolute Gasteiger partial charge is 0.448 e. The molecule has 8 nitrogen and oxygen atoms in total. The van der Waals surface area contributed by atoms with Gasteiger partial charge in [-0.05, 0) is 26.3 Å². The van der Waals surface area contributed by atoms with Gasteiger partial charge < -0.3 is 19.9 Å². The quantitative estimate of drug-likeness (QED) is 0.760. The highest BCUT2D eigenvalue weighted by molar-refractivity contribution is 5.74. The fraction of sp³-hybridized carbons (Fsp3) is 0.579. The van der Waals surface area contributed by atoms with Crippen LogP contribution >= 0.6 is 0 Å². The lowest BCUT2D eigenvalue weighted by molar-refractivity contribution is -0.726. The molecule has 150 valence electrons. The number of amides is 2. The normalized spacial score (nSPS) is 20.9. The Morgan fingerprint density at radius 1 is 1.11 bits per heavy atom. The summed E-state index contributed by atoms with van der Waals surface area (Å²) < 4.78 is 10.1. The summed E-state index contributed by atoms with van der Waals surface area (Å²) >= 11 is 0. The molecule has 0 radical (unpaired) electrons. The molecule has 8 heteroatoms. The summed E-state index contributed by atoms with van der Waals surface area (Å²) in [6.45, 7) is 6.01. The highest BCUT2D eigenvalue weighted by Gasteiger charge is 2.42. The first kappa shape index (κ1) is 21.0. The lowest BCUT2D eigenvalue weighted by atomic mass is 10.0. The summed E-state index contributed by atoms with van der Waals surface area (Å²) in [5.74, 6) is 0. The summed E-state index contributed by atoms with van der Waals surface area (Å²) in [5.41, 5.74) is 1.21. The number of nitrogens with zero attached hydrogens (tertiary/aromatic N) is 2. The number of aliphatic hydroxyl groups excluding tert-OH is 1. The Morgan fingerprint density at radius 2 is 1.67 bits per heavy atom. The average molecular weight is 380 g/mol. The van der Waals surface area contributed by atoms with Crippen molar-refractivity contribution in [2.45, 2.75) is 45.4 Å². The van der Waals surface area contributed by atoms with E-state index in [0.29, 0.717) is 0 Å². The molecule has 1 aliphatic rings. The first-order chi connectivity index (χ1) is 13.0. The molecule has 0 bridgehead atoms.